The summed E-state index contributed by atoms with van der Waals surface area (Å²) in [5.41, 5.74) is 0.849. The van der Waals surface area contributed by atoms with Crippen molar-refractivity contribution in [2.24, 2.45) is 10.4 Å². The van der Waals surface area contributed by atoms with Crippen molar-refractivity contribution in [3.05, 3.63) is 29.8 Å². The van der Waals surface area contributed by atoms with E-state index in [-0.39, 0.29) is 17.4 Å². The van der Waals surface area contributed by atoms with Crippen molar-refractivity contribution in [3.8, 4) is 5.75 Å². The molecule has 0 aromatic heterocycles. The number of methoxy groups -OCH3 is 1. The highest BCUT2D eigenvalue weighted by Crippen LogP contribution is 2.39. The van der Waals surface area contributed by atoms with E-state index in [2.05, 4.69) is 48.7 Å². The number of carbonyl (C=O) groups excluding carboxylic acids is 1. The monoisotopic (exact) mass is 417 g/mol. The van der Waals surface area contributed by atoms with Crippen molar-refractivity contribution in [3.63, 3.8) is 0 Å². The Kier molecular flexibility index (Phi) is 8.96. The summed E-state index contributed by atoms with van der Waals surface area (Å²) in [6.45, 7) is 4.06. The molecule has 1 aromatic rings. The van der Waals surface area contributed by atoms with Crippen LogP contribution in [0.4, 0.5) is 0 Å². The molecule has 1 aromatic carbocycles. The van der Waals surface area contributed by atoms with Gasteiger partial charge in [0.15, 0.2) is 5.96 Å². The SMILES string of the molecule is CCNC(=NCC1(C(=O)N(C)C)CCCC1)NCC(c1ccc(OC)cc1)N(C)C. The minimum atomic E-state index is -0.358. The molecule has 1 fully saturated rings. The fraction of sp³-hybridized carbons (Fsp3) is 0.652. The largest absolute Gasteiger partial charge is 0.497 e. The molecular formula is C23H39N5O2. The van der Waals surface area contributed by atoms with Gasteiger partial charge in [-0.1, -0.05) is 25.0 Å². The average Bonchev–Trinajstić information content (AvgIpc) is 3.21. The van der Waals surface area contributed by atoms with Crippen LogP contribution in [0.5, 0.6) is 5.75 Å². The zero-order valence-corrected chi connectivity index (χ0v) is 19.5. The molecule has 7 nitrogen and oxygen atoms in total. The van der Waals surface area contributed by atoms with E-state index in [9.17, 15) is 4.79 Å². The number of rotatable bonds is 9. The maximum atomic E-state index is 12.8. The summed E-state index contributed by atoms with van der Waals surface area (Å²) < 4.78 is 5.28. The smallest absolute Gasteiger partial charge is 0.230 e. The van der Waals surface area contributed by atoms with Crippen molar-refractivity contribution >= 4 is 11.9 Å². The molecule has 168 valence electrons. The van der Waals surface area contributed by atoms with Gasteiger partial charge in [0.1, 0.15) is 5.75 Å². The zero-order valence-electron chi connectivity index (χ0n) is 19.5. The van der Waals surface area contributed by atoms with E-state index in [0.29, 0.717) is 13.1 Å². The second kappa shape index (κ2) is 11.2. The van der Waals surface area contributed by atoms with Gasteiger partial charge in [-0.05, 0) is 51.6 Å². The summed E-state index contributed by atoms with van der Waals surface area (Å²) >= 11 is 0. The van der Waals surface area contributed by atoms with E-state index in [1.54, 1.807) is 12.0 Å². The second-order valence-electron chi connectivity index (χ2n) is 8.52. The third-order valence-electron chi connectivity index (χ3n) is 5.89. The number of aliphatic imine (C=N–C) groups is 1. The van der Waals surface area contributed by atoms with Gasteiger partial charge in [-0.15, -0.1) is 0 Å². The minimum Gasteiger partial charge on any atom is -0.497 e. The molecule has 0 aliphatic heterocycles. The predicted molar refractivity (Wildman–Crippen MR) is 123 cm³/mol. The number of nitrogens with zero attached hydrogens (tertiary/aromatic N) is 3. The fourth-order valence-electron chi connectivity index (χ4n) is 4.16. The van der Waals surface area contributed by atoms with Gasteiger partial charge in [-0.25, -0.2) is 0 Å². The van der Waals surface area contributed by atoms with Crippen LogP contribution in [0.3, 0.4) is 0 Å². The summed E-state index contributed by atoms with van der Waals surface area (Å²) in [6.07, 6.45) is 4.02. The highest BCUT2D eigenvalue weighted by atomic mass is 16.5. The Balaban J connectivity index is 2.11. The molecule has 0 saturated heterocycles. The lowest BCUT2D eigenvalue weighted by atomic mass is 9.85. The average molecular weight is 418 g/mol. The standard InChI is InChI=1S/C23H39N5O2/c1-7-24-22(26-17-23(14-8-9-15-23)21(29)28(4)5)25-16-20(27(2)3)18-10-12-19(30-6)13-11-18/h10-13,20H,7-9,14-17H2,1-6H3,(H2,24,25,26). The summed E-state index contributed by atoms with van der Waals surface area (Å²) in [7, 11) is 9.50. The molecule has 1 unspecified atom stereocenters. The predicted octanol–water partition coefficient (Wildman–Crippen LogP) is 2.50. The number of carbonyl (C=O) groups is 1. The number of hydrogen-bond donors (Lipinski definition) is 2. The van der Waals surface area contributed by atoms with Gasteiger partial charge in [-0.2, -0.15) is 0 Å². The quantitative estimate of drug-likeness (QED) is 0.477. The summed E-state index contributed by atoms with van der Waals surface area (Å²) in [6, 6.07) is 8.35. The van der Waals surface area contributed by atoms with E-state index >= 15 is 0 Å². The molecule has 0 spiro atoms. The van der Waals surface area contributed by atoms with Gasteiger partial charge in [0.05, 0.1) is 25.1 Å². The van der Waals surface area contributed by atoms with Crippen LogP contribution in [-0.4, -0.2) is 76.6 Å². The molecule has 1 amide bonds. The van der Waals surface area contributed by atoms with Gasteiger partial charge >= 0.3 is 0 Å². The summed E-state index contributed by atoms with van der Waals surface area (Å²) in [4.78, 5) is 21.6. The number of guanidine groups is 1. The van der Waals surface area contributed by atoms with Crippen LogP contribution < -0.4 is 15.4 Å². The first-order valence-corrected chi connectivity index (χ1v) is 10.9. The molecule has 0 radical (unpaired) electrons. The first-order valence-electron chi connectivity index (χ1n) is 10.9. The van der Waals surface area contributed by atoms with Crippen molar-refractivity contribution in [1.82, 2.24) is 20.4 Å². The third-order valence-corrected chi connectivity index (χ3v) is 5.89. The fourth-order valence-corrected chi connectivity index (χ4v) is 4.16. The number of hydrogen-bond acceptors (Lipinski definition) is 4. The lowest BCUT2D eigenvalue weighted by molar-refractivity contribution is -0.138. The second-order valence-corrected chi connectivity index (χ2v) is 8.52. The number of ether oxygens (including phenoxy) is 1. The minimum absolute atomic E-state index is 0.184. The lowest BCUT2D eigenvalue weighted by Gasteiger charge is -2.30. The summed E-state index contributed by atoms with van der Waals surface area (Å²) in [5, 5.41) is 6.81. The lowest BCUT2D eigenvalue weighted by Crippen LogP contribution is -2.44. The zero-order chi connectivity index (χ0) is 22.1. The van der Waals surface area contributed by atoms with E-state index in [4.69, 9.17) is 9.73 Å². The van der Waals surface area contributed by atoms with Crippen LogP contribution in [0.1, 0.15) is 44.2 Å². The molecule has 7 heteroatoms. The van der Waals surface area contributed by atoms with Crippen LogP contribution in [0.2, 0.25) is 0 Å². The van der Waals surface area contributed by atoms with Crippen LogP contribution >= 0.6 is 0 Å². The molecule has 30 heavy (non-hydrogen) atoms. The van der Waals surface area contributed by atoms with Crippen molar-refractivity contribution in [2.45, 2.75) is 38.6 Å². The first kappa shape index (κ1) is 24.0. The molecule has 2 rings (SSSR count). The highest BCUT2D eigenvalue weighted by molar-refractivity contribution is 5.84. The van der Waals surface area contributed by atoms with Crippen LogP contribution in [-0.2, 0) is 4.79 Å². The molecule has 1 aliphatic rings. The first-order chi connectivity index (χ1) is 14.3. The van der Waals surface area contributed by atoms with Crippen LogP contribution in [0.25, 0.3) is 0 Å². The number of likely N-dealkylation sites (N-methyl/N-ethyl adjacent to an activating group) is 1. The Bertz CT molecular complexity index is 694. The Hall–Kier alpha value is -2.28. The molecule has 0 bridgehead atoms. The van der Waals surface area contributed by atoms with Crippen LogP contribution in [0, 0.1) is 5.41 Å². The Morgan fingerprint density at radius 3 is 2.27 bits per heavy atom. The maximum Gasteiger partial charge on any atom is 0.230 e. The Morgan fingerprint density at radius 2 is 1.77 bits per heavy atom. The highest BCUT2D eigenvalue weighted by Gasteiger charge is 2.42. The third kappa shape index (κ3) is 6.11. The van der Waals surface area contributed by atoms with Crippen molar-refractivity contribution in [1.29, 1.82) is 0 Å². The molecule has 1 saturated carbocycles. The van der Waals surface area contributed by atoms with Gasteiger partial charge < -0.3 is 25.2 Å². The van der Waals surface area contributed by atoms with E-state index in [0.717, 1.165) is 43.9 Å². The molecule has 1 atom stereocenters. The van der Waals surface area contributed by atoms with Crippen molar-refractivity contribution < 1.29 is 9.53 Å². The Labute approximate surface area is 181 Å². The number of nitrogens with one attached hydrogen (secondary N) is 2. The molecular weight excluding hydrogens is 378 g/mol. The van der Waals surface area contributed by atoms with E-state index in [1.165, 1.54) is 5.56 Å². The Morgan fingerprint density at radius 1 is 1.13 bits per heavy atom. The maximum absolute atomic E-state index is 12.8. The van der Waals surface area contributed by atoms with E-state index < -0.39 is 0 Å². The molecule has 2 N–H and O–H groups in total. The van der Waals surface area contributed by atoms with Gasteiger partial charge in [-0.3, -0.25) is 9.79 Å². The number of amides is 1. The van der Waals surface area contributed by atoms with Gasteiger partial charge in [0.25, 0.3) is 0 Å². The summed E-state index contributed by atoms with van der Waals surface area (Å²) in [5.74, 6) is 1.81. The number of benzene rings is 1. The van der Waals surface area contributed by atoms with Gasteiger partial charge in [0, 0.05) is 27.2 Å². The normalized spacial score (nSPS) is 17.0. The van der Waals surface area contributed by atoms with E-state index in [1.807, 2.05) is 26.2 Å². The van der Waals surface area contributed by atoms with Crippen molar-refractivity contribution in [2.75, 3.05) is 54.9 Å². The molecule has 1 aliphatic carbocycles. The molecule has 0 heterocycles. The topological polar surface area (TPSA) is 69.2 Å². The van der Waals surface area contributed by atoms with Gasteiger partial charge in [0.2, 0.25) is 5.91 Å². The van der Waals surface area contributed by atoms with Crippen LogP contribution in [0.15, 0.2) is 29.3 Å².